The minimum Gasteiger partial charge on any atom is -0.391 e. The summed E-state index contributed by atoms with van der Waals surface area (Å²) in [5.41, 5.74) is 2.08. The first kappa shape index (κ1) is 14.3. The van der Waals surface area contributed by atoms with E-state index in [1.54, 1.807) is 0 Å². The van der Waals surface area contributed by atoms with Crippen LogP contribution in [0.3, 0.4) is 0 Å². The van der Waals surface area contributed by atoms with Crippen LogP contribution in [0.2, 0.25) is 0 Å². The number of amides is 2. The second-order valence-electron chi connectivity index (χ2n) is 4.77. The molecule has 1 aromatic rings. The smallest absolute Gasteiger partial charge is 0.243 e. The summed E-state index contributed by atoms with van der Waals surface area (Å²) in [4.78, 5) is 22.8. The van der Waals surface area contributed by atoms with Gasteiger partial charge in [0.25, 0.3) is 0 Å². The molecule has 106 valence electrons. The van der Waals surface area contributed by atoms with Gasteiger partial charge in [0.05, 0.1) is 18.7 Å². The lowest BCUT2D eigenvalue weighted by Crippen LogP contribution is -2.43. The van der Waals surface area contributed by atoms with Gasteiger partial charge in [-0.1, -0.05) is 30.8 Å². The molecule has 5 nitrogen and oxygen atoms in total. The van der Waals surface area contributed by atoms with E-state index in [-0.39, 0.29) is 12.5 Å². The zero-order valence-electron chi connectivity index (χ0n) is 11.1. The third-order valence-corrected chi connectivity index (χ3v) is 3.41. The SMILES string of the molecule is C=CC(=O)NCC(=O)N[C@H]1c2ccccc2CC[C@H]1O. The first-order chi connectivity index (χ1) is 9.61. The van der Waals surface area contributed by atoms with Gasteiger partial charge in [0.15, 0.2) is 0 Å². The summed E-state index contributed by atoms with van der Waals surface area (Å²) >= 11 is 0. The minimum atomic E-state index is -0.607. The molecule has 3 N–H and O–H groups in total. The Labute approximate surface area is 117 Å². The normalized spacial score (nSPS) is 20.6. The molecule has 0 aliphatic heterocycles. The Morgan fingerprint density at radius 3 is 2.90 bits per heavy atom. The van der Waals surface area contributed by atoms with Crippen molar-refractivity contribution in [2.24, 2.45) is 0 Å². The highest BCUT2D eigenvalue weighted by Crippen LogP contribution is 2.29. The minimum absolute atomic E-state index is 0.129. The molecule has 0 unspecified atom stereocenters. The van der Waals surface area contributed by atoms with Crippen LogP contribution in [0.4, 0.5) is 0 Å². The summed E-state index contributed by atoms with van der Waals surface area (Å²) in [7, 11) is 0. The number of fused-ring (bicyclic) bond motifs is 1. The van der Waals surface area contributed by atoms with E-state index in [2.05, 4.69) is 17.2 Å². The molecule has 2 amide bonds. The molecular weight excluding hydrogens is 256 g/mol. The number of aliphatic hydroxyl groups excluding tert-OH is 1. The first-order valence-electron chi connectivity index (χ1n) is 6.57. The molecule has 2 atom stereocenters. The molecule has 1 aliphatic rings. The lowest BCUT2D eigenvalue weighted by atomic mass is 9.85. The van der Waals surface area contributed by atoms with Gasteiger partial charge in [0.2, 0.25) is 11.8 Å². The van der Waals surface area contributed by atoms with Crippen LogP contribution < -0.4 is 10.6 Å². The summed E-state index contributed by atoms with van der Waals surface area (Å²) in [6.07, 6.45) is 1.92. The van der Waals surface area contributed by atoms with Gasteiger partial charge in [-0.2, -0.15) is 0 Å². The molecule has 20 heavy (non-hydrogen) atoms. The molecule has 0 fully saturated rings. The second kappa shape index (κ2) is 6.34. The maximum absolute atomic E-state index is 11.8. The van der Waals surface area contributed by atoms with Crippen molar-refractivity contribution in [2.75, 3.05) is 6.54 Å². The van der Waals surface area contributed by atoms with Crippen LogP contribution in [-0.4, -0.2) is 29.6 Å². The van der Waals surface area contributed by atoms with Crippen molar-refractivity contribution < 1.29 is 14.7 Å². The monoisotopic (exact) mass is 274 g/mol. The Balaban J connectivity index is 2.03. The van der Waals surface area contributed by atoms with Gasteiger partial charge in [0.1, 0.15) is 0 Å². The number of aryl methyl sites for hydroxylation is 1. The second-order valence-corrected chi connectivity index (χ2v) is 4.77. The fourth-order valence-corrected chi connectivity index (χ4v) is 2.38. The van der Waals surface area contributed by atoms with E-state index < -0.39 is 18.1 Å². The highest BCUT2D eigenvalue weighted by molar-refractivity contribution is 5.90. The quantitative estimate of drug-likeness (QED) is 0.698. The number of nitrogens with one attached hydrogen (secondary N) is 2. The van der Waals surface area contributed by atoms with E-state index in [9.17, 15) is 14.7 Å². The number of aliphatic hydroxyl groups is 1. The Kier molecular flexibility index (Phi) is 4.53. The Morgan fingerprint density at radius 2 is 2.15 bits per heavy atom. The molecule has 0 heterocycles. The summed E-state index contributed by atoms with van der Waals surface area (Å²) in [6, 6.07) is 7.31. The van der Waals surface area contributed by atoms with Crippen LogP contribution in [0.15, 0.2) is 36.9 Å². The van der Waals surface area contributed by atoms with Gasteiger partial charge in [-0.25, -0.2) is 0 Å². The molecule has 0 bridgehead atoms. The fourth-order valence-electron chi connectivity index (χ4n) is 2.38. The zero-order valence-corrected chi connectivity index (χ0v) is 11.1. The van der Waals surface area contributed by atoms with E-state index in [0.29, 0.717) is 6.42 Å². The zero-order chi connectivity index (χ0) is 14.5. The maximum Gasteiger partial charge on any atom is 0.243 e. The molecule has 2 rings (SSSR count). The summed E-state index contributed by atoms with van der Waals surface area (Å²) in [5.74, 6) is -0.731. The number of carbonyl (C=O) groups excluding carboxylic acids is 2. The van der Waals surface area contributed by atoms with Crippen molar-refractivity contribution in [3.05, 3.63) is 48.0 Å². The number of benzene rings is 1. The Morgan fingerprint density at radius 1 is 1.40 bits per heavy atom. The standard InChI is InChI=1S/C15H18N2O3/c1-2-13(19)16-9-14(20)17-15-11-6-4-3-5-10(11)7-8-12(15)18/h2-6,12,15,18H,1,7-9H2,(H,16,19)(H,17,20)/t12-,15+/m1/s1. The number of hydrogen-bond acceptors (Lipinski definition) is 3. The van der Waals surface area contributed by atoms with Crippen LogP contribution in [-0.2, 0) is 16.0 Å². The van der Waals surface area contributed by atoms with Crippen LogP contribution in [0.5, 0.6) is 0 Å². The molecule has 0 aromatic heterocycles. The topological polar surface area (TPSA) is 78.4 Å². The highest BCUT2D eigenvalue weighted by Gasteiger charge is 2.28. The average Bonchev–Trinajstić information content (AvgIpc) is 2.47. The van der Waals surface area contributed by atoms with Gasteiger partial charge in [0, 0.05) is 0 Å². The van der Waals surface area contributed by atoms with Crippen molar-refractivity contribution in [2.45, 2.75) is 25.0 Å². The van der Waals surface area contributed by atoms with Crippen LogP contribution >= 0.6 is 0 Å². The molecule has 5 heteroatoms. The predicted molar refractivity (Wildman–Crippen MR) is 74.9 cm³/mol. The summed E-state index contributed by atoms with van der Waals surface area (Å²) in [6.45, 7) is 3.18. The Hall–Kier alpha value is -2.14. The Bertz CT molecular complexity index is 528. The van der Waals surface area contributed by atoms with Crippen LogP contribution in [0.25, 0.3) is 0 Å². The summed E-state index contributed by atoms with van der Waals surface area (Å²) < 4.78 is 0. The summed E-state index contributed by atoms with van der Waals surface area (Å²) in [5, 5.41) is 15.2. The first-order valence-corrected chi connectivity index (χ1v) is 6.57. The lowest BCUT2D eigenvalue weighted by molar-refractivity contribution is -0.125. The van der Waals surface area contributed by atoms with Gasteiger partial charge < -0.3 is 15.7 Å². The van der Waals surface area contributed by atoms with Crippen molar-refractivity contribution in [1.82, 2.24) is 10.6 Å². The van der Waals surface area contributed by atoms with Crippen molar-refractivity contribution >= 4 is 11.8 Å². The third kappa shape index (κ3) is 3.24. The molecule has 1 aromatic carbocycles. The molecule has 0 radical (unpaired) electrons. The van der Waals surface area contributed by atoms with E-state index in [4.69, 9.17) is 0 Å². The fraction of sp³-hybridized carbons (Fsp3) is 0.333. The molecule has 0 saturated carbocycles. The van der Waals surface area contributed by atoms with Gasteiger partial charge in [-0.05, 0) is 30.0 Å². The van der Waals surface area contributed by atoms with E-state index in [1.807, 2.05) is 24.3 Å². The van der Waals surface area contributed by atoms with Gasteiger partial charge in [-0.15, -0.1) is 0 Å². The van der Waals surface area contributed by atoms with E-state index in [0.717, 1.165) is 23.6 Å². The number of rotatable bonds is 4. The molecule has 0 spiro atoms. The van der Waals surface area contributed by atoms with E-state index in [1.165, 1.54) is 0 Å². The van der Waals surface area contributed by atoms with E-state index >= 15 is 0 Å². The predicted octanol–water partition coefficient (Wildman–Crippen LogP) is 0.453. The number of hydrogen-bond donors (Lipinski definition) is 3. The van der Waals surface area contributed by atoms with Crippen molar-refractivity contribution in [1.29, 1.82) is 0 Å². The average molecular weight is 274 g/mol. The van der Waals surface area contributed by atoms with Crippen molar-refractivity contribution in [3.63, 3.8) is 0 Å². The largest absolute Gasteiger partial charge is 0.391 e. The van der Waals surface area contributed by atoms with Crippen LogP contribution in [0, 0.1) is 0 Å². The van der Waals surface area contributed by atoms with Crippen LogP contribution in [0.1, 0.15) is 23.6 Å². The lowest BCUT2D eigenvalue weighted by Gasteiger charge is -2.31. The van der Waals surface area contributed by atoms with Gasteiger partial charge >= 0.3 is 0 Å². The maximum atomic E-state index is 11.8. The molecular formula is C15H18N2O3. The molecule has 0 saturated heterocycles. The van der Waals surface area contributed by atoms with Gasteiger partial charge in [-0.3, -0.25) is 9.59 Å². The highest BCUT2D eigenvalue weighted by atomic mass is 16.3. The number of carbonyl (C=O) groups is 2. The van der Waals surface area contributed by atoms with Crippen molar-refractivity contribution in [3.8, 4) is 0 Å². The third-order valence-electron chi connectivity index (χ3n) is 3.41. The molecule has 1 aliphatic carbocycles.